The number of hydrogen-bond acceptors (Lipinski definition) is 5. The van der Waals surface area contributed by atoms with E-state index in [0.717, 1.165) is 12.8 Å². The first kappa shape index (κ1) is 10.7. The van der Waals surface area contributed by atoms with Gasteiger partial charge < -0.3 is 15.4 Å². The number of alkyl halides is 1. The average molecular weight is 238 g/mol. The van der Waals surface area contributed by atoms with Gasteiger partial charge in [-0.1, -0.05) is 0 Å². The minimum absolute atomic E-state index is 0.350. The Bertz CT molecular complexity index is 399. The molecule has 1 aliphatic carbocycles. The van der Waals surface area contributed by atoms with Crippen molar-refractivity contribution in [3.63, 3.8) is 0 Å². The van der Waals surface area contributed by atoms with Crippen molar-refractivity contribution in [3.8, 4) is 5.88 Å². The smallest absolute Gasteiger partial charge is 0.226 e. The van der Waals surface area contributed by atoms with E-state index in [1.807, 2.05) is 0 Å². The normalized spacial score (nSPS) is 28.1. The number of ether oxygens (including phenoxy) is 1. The first-order valence-corrected chi connectivity index (χ1v) is 5.92. The number of rotatable bonds is 4. The summed E-state index contributed by atoms with van der Waals surface area (Å²) in [7, 11) is 0. The lowest BCUT2D eigenvalue weighted by molar-refractivity contribution is 0.134. The maximum absolute atomic E-state index is 13.3. The largest absolute Gasteiger partial charge is 0.470 e. The fourth-order valence-corrected chi connectivity index (χ4v) is 1.78. The Morgan fingerprint density at radius 1 is 1.41 bits per heavy atom. The van der Waals surface area contributed by atoms with Crippen molar-refractivity contribution < 1.29 is 9.13 Å². The van der Waals surface area contributed by atoms with Gasteiger partial charge in [-0.2, -0.15) is 4.98 Å². The number of hydrogen-bond donors (Lipinski definition) is 2. The zero-order valence-corrected chi connectivity index (χ0v) is 9.40. The molecule has 0 amide bonds. The van der Waals surface area contributed by atoms with Gasteiger partial charge in [0.2, 0.25) is 11.8 Å². The second-order valence-corrected chi connectivity index (χ2v) is 4.47. The van der Waals surface area contributed by atoms with E-state index in [1.54, 1.807) is 12.3 Å². The van der Waals surface area contributed by atoms with E-state index in [-0.39, 0.29) is 0 Å². The first-order valence-electron chi connectivity index (χ1n) is 5.92. The fourth-order valence-electron chi connectivity index (χ4n) is 1.78. The van der Waals surface area contributed by atoms with Crippen LogP contribution < -0.4 is 15.4 Å². The van der Waals surface area contributed by atoms with Gasteiger partial charge in [-0.05, 0) is 12.8 Å². The lowest BCUT2D eigenvalue weighted by atomic mass is 10.3. The van der Waals surface area contributed by atoms with Crippen molar-refractivity contribution in [1.29, 1.82) is 0 Å². The van der Waals surface area contributed by atoms with Crippen molar-refractivity contribution >= 4 is 5.95 Å². The summed E-state index contributed by atoms with van der Waals surface area (Å²) in [6, 6.07) is 2.15. The van der Waals surface area contributed by atoms with E-state index < -0.39 is 12.3 Å². The quantitative estimate of drug-likeness (QED) is 0.810. The molecule has 92 valence electrons. The third-order valence-electron chi connectivity index (χ3n) is 2.90. The van der Waals surface area contributed by atoms with Crippen LogP contribution in [-0.4, -0.2) is 41.4 Å². The number of halogens is 1. The Morgan fingerprint density at radius 3 is 3.00 bits per heavy atom. The maximum atomic E-state index is 13.3. The van der Waals surface area contributed by atoms with E-state index in [2.05, 4.69) is 20.6 Å². The van der Waals surface area contributed by atoms with Gasteiger partial charge in [-0.3, -0.25) is 0 Å². The van der Waals surface area contributed by atoms with E-state index in [1.165, 1.54) is 0 Å². The average Bonchev–Trinajstić information content (AvgIpc) is 3.04. The molecule has 0 unspecified atom stereocenters. The van der Waals surface area contributed by atoms with Crippen LogP contribution >= 0.6 is 0 Å². The minimum atomic E-state index is -0.968. The van der Waals surface area contributed by atoms with Crippen LogP contribution in [0.3, 0.4) is 0 Å². The lowest BCUT2D eigenvalue weighted by Gasteiger charge is -2.14. The predicted molar refractivity (Wildman–Crippen MR) is 60.9 cm³/mol. The van der Waals surface area contributed by atoms with E-state index in [4.69, 9.17) is 4.74 Å². The zero-order chi connectivity index (χ0) is 11.7. The molecular formula is C11H15FN4O. The van der Waals surface area contributed by atoms with Crippen molar-refractivity contribution in [2.75, 3.05) is 18.4 Å². The molecule has 0 spiro atoms. The number of aromatic nitrogens is 2. The van der Waals surface area contributed by atoms with Crippen LogP contribution in [0.1, 0.15) is 12.8 Å². The molecule has 2 atom stereocenters. The molecule has 1 aromatic heterocycles. The second kappa shape index (κ2) is 4.44. The molecule has 17 heavy (non-hydrogen) atoms. The van der Waals surface area contributed by atoms with Crippen LogP contribution in [0, 0.1) is 0 Å². The summed E-state index contributed by atoms with van der Waals surface area (Å²) < 4.78 is 18.8. The molecule has 2 heterocycles. The molecule has 1 saturated heterocycles. The Balaban J connectivity index is 1.65. The molecular weight excluding hydrogens is 223 g/mol. The van der Waals surface area contributed by atoms with Crippen LogP contribution in [0.15, 0.2) is 12.3 Å². The maximum Gasteiger partial charge on any atom is 0.226 e. The van der Waals surface area contributed by atoms with Crippen LogP contribution in [0.4, 0.5) is 10.3 Å². The van der Waals surface area contributed by atoms with Crippen molar-refractivity contribution in [2.24, 2.45) is 0 Å². The molecule has 0 radical (unpaired) electrons. The van der Waals surface area contributed by atoms with Gasteiger partial charge in [-0.25, -0.2) is 9.37 Å². The highest BCUT2D eigenvalue weighted by molar-refractivity contribution is 5.30. The summed E-state index contributed by atoms with van der Waals surface area (Å²) in [5.74, 6) is 0.992. The molecule has 1 aromatic rings. The van der Waals surface area contributed by atoms with Crippen molar-refractivity contribution in [1.82, 2.24) is 15.3 Å². The molecule has 1 saturated carbocycles. The molecule has 2 aliphatic rings. The monoisotopic (exact) mass is 238 g/mol. The van der Waals surface area contributed by atoms with Crippen LogP contribution in [-0.2, 0) is 0 Å². The molecule has 2 fully saturated rings. The molecule has 0 aromatic carbocycles. The Morgan fingerprint density at radius 2 is 2.29 bits per heavy atom. The van der Waals surface area contributed by atoms with Crippen LogP contribution in [0.5, 0.6) is 5.88 Å². The highest BCUT2D eigenvalue weighted by Gasteiger charge is 2.29. The zero-order valence-electron chi connectivity index (χ0n) is 9.40. The summed E-state index contributed by atoms with van der Waals surface area (Å²) in [4.78, 5) is 8.31. The van der Waals surface area contributed by atoms with E-state index in [0.29, 0.717) is 31.0 Å². The summed E-state index contributed by atoms with van der Waals surface area (Å²) in [6.45, 7) is 0.874. The number of anilines is 1. The first-order chi connectivity index (χ1) is 8.31. The molecule has 5 nitrogen and oxygen atoms in total. The van der Waals surface area contributed by atoms with Gasteiger partial charge in [0.1, 0.15) is 6.10 Å². The molecule has 6 heteroatoms. The van der Waals surface area contributed by atoms with Crippen molar-refractivity contribution in [3.05, 3.63) is 12.3 Å². The van der Waals surface area contributed by atoms with Crippen LogP contribution in [0.25, 0.3) is 0 Å². The Hall–Kier alpha value is -1.43. The van der Waals surface area contributed by atoms with E-state index in [9.17, 15) is 4.39 Å². The molecule has 1 aliphatic heterocycles. The van der Waals surface area contributed by atoms with Gasteiger partial charge in [0.05, 0.1) is 0 Å². The third-order valence-corrected chi connectivity index (χ3v) is 2.90. The fraction of sp³-hybridized carbons (Fsp3) is 0.636. The van der Waals surface area contributed by atoms with Gasteiger partial charge in [0.15, 0.2) is 6.17 Å². The molecule has 2 N–H and O–H groups in total. The van der Waals surface area contributed by atoms with E-state index >= 15 is 0 Å². The second-order valence-electron chi connectivity index (χ2n) is 4.47. The van der Waals surface area contributed by atoms with Gasteiger partial charge in [-0.15, -0.1) is 0 Å². The summed E-state index contributed by atoms with van der Waals surface area (Å²) in [5, 5.41) is 6.12. The lowest BCUT2D eigenvalue weighted by Crippen LogP contribution is -2.27. The molecule has 3 rings (SSSR count). The van der Waals surface area contributed by atoms with Crippen molar-refractivity contribution in [2.45, 2.75) is 31.2 Å². The molecule has 0 bridgehead atoms. The van der Waals surface area contributed by atoms with Gasteiger partial charge in [0, 0.05) is 31.4 Å². The third kappa shape index (κ3) is 2.63. The Kier molecular flexibility index (Phi) is 2.80. The standard InChI is InChI=1S/C11H15FN4O/c12-8-5-13-6-9(8)17-10-3-4-14-11(16-10)15-7-1-2-7/h3-4,7-9,13H,1-2,5-6H2,(H,14,15,16)/t8-,9+/m1/s1. The van der Waals surface area contributed by atoms with Gasteiger partial charge in [0.25, 0.3) is 0 Å². The summed E-state index contributed by atoms with van der Waals surface area (Å²) >= 11 is 0. The summed E-state index contributed by atoms with van der Waals surface area (Å²) in [6.07, 6.45) is 2.53. The number of nitrogens with one attached hydrogen (secondary N) is 2. The Labute approximate surface area is 98.8 Å². The SMILES string of the molecule is F[C@@H]1CNC[C@@H]1Oc1ccnc(NC2CC2)n1. The number of nitrogens with zero attached hydrogens (tertiary/aromatic N) is 2. The minimum Gasteiger partial charge on any atom is -0.470 e. The highest BCUT2D eigenvalue weighted by Crippen LogP contribution is 2.23. The summed E-state index contributed by atoms with van der Waals surface area (Å²) in [5.41, 5.74) is 0. The van der Waals surface area contributed by atoms with Gasteiger partial charge >= 0.3 is 0 Å². The highest BCUT2D eigenvalue weighted by atomic mass is 19.1. The predicted octanol–water partition coefficient (Wildman–Crippen LogP) is 0.740. The topological polar surface area (TPSA) is 59.1 Å². The van der Waals surface area contributed by atoms with Crippen LogP contribution in [0.2, 0.25) is 0 Å².